The first-order chi connectivity index (χ1) is 29.5. The number of hydrogen-bond acceptors (Lipinski definition) is 18. The van der Waals surface area contributed by atoms with Crippen LogP contribution in [0.15, 0.2) is 30.2 Å². The van der Waals surface area contributed by atoms with E-state index >= 15 is 0 Å². The van der Waals surface area contributed by atoms with Crippen LogP contribution in [0.4, 0.5) is 43.9 Å². The number of hydrogen-bond donors (Lipinski definition) is 4. The molecular formula is C35H54F10O17S. The summed E-state index contributed by atoms with van der Waals surface area (Å²) in [5, 5.41) is 40.7. The lowest BCUT2D eigenvalue weighted by molar-refractivity contribution is -0.518. The van der Waals surface area contributed by atoms with Gasteiger partial charge in [-0.25, -0.2) is 9.47 Å². The molecule has 0 spiro atoms. The Hall–Kier alpha value is -1.94. The van der Waals surface area contributed by atoms with Crippen molar-refractivity contribution in [1.82, 2.24) is 0 Å². The van der Waals surface area contributed by atoms with E-state index in [1.165, 1.54) is 17.4 Å². The minimum Gasteiger partial charge on any atom is -0.388 e. The van der Waals surface area contributed by atoms with E-state index in [2.05, 4.69) is 39.7 Å². The lowest BCUT2D eigenvalue weighted by atomic mass is 10.3. The van der Waals surface area contributed by atoms with Crippen LogP contribution in [0.2, 0.25) is 0 Å². The quantitative estimate of drug-likeness (QED) is 0.0322. The summed E-state index contributed by atoms with van der Waals surface area (Å²) in [4.78, 5) is 1.00. The molecular weight excluding hydrogens is 914 g/mol. The van der Waals surface area contributed by atoms with Gasteiger partial charge in [-0.1, -0.05) is 12.1 Å². The van der Waals surface area contributed by atoms with Crippen molar-refractivity contribution in [3.05, 3.63) is 35.0 Å². The fraction of sp³-hybridized carbons (Fsp3) is 0.829. The number of thiophene rings is 1. The molecule has 1 aromatic rings. The lowest BCUT2D eigenvalue weighted by Gasteiger charge is -2.26. The molecule has 0 aromatic carbocycles. The SMILES string of the molecule is C=CCOCC(O)COCC(O)COCC(F)(F)OC(F)(F)COCOCCOCC(O)COCCOCC(F)(F)OC(F)(F)OC(F)(F)COCC(O)COCCc1cccs1. The minimum atomic E-state index is -5.51. The molecule has 0 fully saturated rings. The number of aliphatic hydroxyl groups excluding tert-OH is 4. The van der Waals surface area contributed by atoms with Gasteiger partial charge < -0.3 is 67.8 Å². The molecule has 1 rings (SSSR count). The van der Waals surface area contributed by atoms with Gasteiger partial charge in [0.15, 0.2) is 0 Å². The first kappa shape index (κ1) is 59.1. The molecule has 0 radical (unpaired) electrons. The van der Waals surface area contributed by atoms with E-state index in [9.17, 15) is 64.3 Å². The molecule has 0 aliphatic carbocycles. The van der Waals surface area contributed by atoms with Gasteiger partial charge in [0.05, 0.1) is 92.5 Å². The zero-order valence-corrected chi connectivity index (χ0v) is 34.6. The van der Waals surface area contributed by atoms with E-state index in [-0.39, 0.29) is 52.9 Å². The topological polar surface area (TPSA) is 201 Å². The molecule has 28 heteroatoms. The Bertz CT molecular complexity index is 1280. The molecule has 0 saturated heterocycles. The molecule has 0 saturated carbocycles. The van der Waals surface area contributed by atoms with E-state index in [1.54, 1.807) is 0 Å². The third-order valence-corrected chi connectivity index (χ3v) is 7.55. The number of ether oxygens (including phenoxy) is 13. The molecule has 4 atom stereocenters. The van der Waals surface area contributed by atoms with Crippen LogP contribution in [-0.4, -0.2) is 201 Å². The van der Waals surface area contributed by atoms with Gasteiger partial charge in [0.2, 0.25) is 0 Å². The minimum absolute atomic E-state index is 0.0808. The molecule has 0 bridgehead atoms. The average molecular weight is 969 g/mol. The fourth-order valence-electron chi connectivity index (χ4n) is 4.14. The fourth-order valence-corrected chi connectivity index (χ4v) is 4.83. The van der Waals surface area contributed by atoms with Crippen LogP contribution in [0.25, 0.3) is 0 Å². The van der Waals surface area contributed by atoms with Crippen molar-refractivity contribution in [3.63, 3.8) is 0 Å². The van der Waals surface area contributed by atoms with Crippen LogP contribution in [0.3, 0.4) is 0 Å². The molecule has 0 aliphatic rings. The largest absolute Gasteiger partial charge is 0.495 e. The molecule has 4 N–H and O–H groups in total. The second-order valence-corrected chi connectivity index (χ2v) is 13.8. The lowest BCUT2D eigenvalue weighted by Crippen LogP contribution is -2.44. The van der Waals surface area contributed by atoms with E-state index in [4.69, 9.17) is 28.4 Å². The van der Waals surface area contributed by atoms with Crippen LogP contribution in [0, 0.1) is 0 Å². The summed E-state index contributed by atoms with van der Waals surface area (Å²) < 4.78 is 195. The van der Waals surface area contributed by atoms with Crippen molar-refractivity contribution in [2.45, 2.75) is 61.6 Å². The maximum atomic E-state index is 13.8. The predicted molar refractivity (Wildman–Crippen MR) is 194 cm³/mol. The van der Waals surface area contributed by atoms with Crippen LogP contribution < -0.4 is 0 Å². The summed E-state index contributed by atoms with van der Waals surface area (Å²) >= 11 is 1.48. The summed E-state index contributed by atoms with van der Waals surface area (Å²) in [6.45, 7) is -9.03. The Morgan fingerprint density at radius 1 is 0.492 bits per heavy atom. The summed E-state index contributed by atoms with van der Waals surface area (Å²) in [6.07, 6.45) is -27.3. The number of halogens is 10. The molecule has 4 unspecified atom stereocenters. The van der Waals surface area contributed by atoms with Gasteiger partial charge in [0, 0.05) is 11.3 Å². The highest BCUT2D eigenvalue weighted by Crippen LogP contribution is 2.34. The van der Waals surface area contributed by atoms with Gasteiger partial charge >= 0.3 is 30.7 Å². The first-order valence-corrected chi connectivity index (χ1v) is 19.5. The molecule has 0 amide bonds. The second-order valence-electron chi connectivity index (χ2n) is 12.8. The molecule has 1 aromatic heterocycles. The number of aliphatic hydroxyl groups is 4. The van der Waals surface area contributed by atoms with E-state index < -0.39 is 128 Å². The van der Waals surface area contributed by atoms with Crippen molar-refractivity contribution < 1.29 is 126 Å². The third kappa shape index (κ3) is 34.1. The highest BCUT2D eigenvalue weighted by molar-refractivity contribution is 7.09. The zero-order chi connectivity index (χ0) is 47.3. The smallest absolute Gasteiger partial charge is 0.388 e. The monoisotopic (exact) mass is 968 g/mol. The molecule has 1 heterocycles. The molecule has 17 nitrogen and oxygen atoms in total. The zero-order valence-electron chi connectivity index (χ0n) is 33.8. The van der Waals surface area contributed by atoms with Crippen molar-refractivity contribution in [2.24, 2.45) is 0 Å². The van der Waals surface area contributed by atoms with Crippen molar-refractivity contribution in [1.29, 1.82) is 0 Å². The Kier molecular flexibility index (Phi) is 29.9. The highest BCUT2D eigenvalue weighted by atomic mass is 32.1. The Morgan fingerprint density at radius 2 is 0.889 bits per heavy atom. The standard InChI is InChI=1S/C35H54F10O17S/c1-2-6-50-13-27(47)17-56-18-29(49)20-57-22-31(36,37)60-32(38,39)24-59-25-55-11-9-53-16-26(46)15-52-8-10-54-21-33(40,41)61-35(44,45)62-34(42,43)23-58-19-28(48)14-51-7-5-30-4-3-12-63-30/h2-4,12,26-29,46-49H,1,5-11,13-25H2. The number of alkyl halides is 10. The van der Waals surface area contributed by atoms with E-state index in [1.807, 2.05) is 17.5 Å². The van der Waals surface area contributed by atoms with E-state index in [0.717, 1.165) is 4.88 Å². The summed E-state index contributed by atoms with van der Waals surface area (Å²) in [6, 6.07) is 3.68. The van der Waals surface area contributed by atoms with Crippen LogP contribution >= 0.6 is 11.3 Å². The van der Waals surface area contributed by atoms with Crippen molar-refractivity contribution >= 4 is 11.3 Å². The van der Waals surface area contributed by atoms with Gasteiger partial charge in [-0.05, 0) is 11.4 Å². The normalized spacial score (nSPS) is 15.1. The molecule has 0 aliphatic heterocycles. The van der Waals surface area contributed by atoms with E-state index in [0.29, 0.717) is 6.42 Å². The summed E-state index contributed by atoms with van der Waals surface area (Å²) in [5.74, 6) is 0. The summed E-state index contributed by atoms with van der Waals surface area (Å²) in [5.41, 5.74) is 0. The van der Waals surface area contributed by atoms with Gasteiger partial charge in [0.1, 0.15) is 57.6 Å². The third-order valence-electron chi connectivity index (χ3n) is 6.62. The first-order valence-electron chi connectivity index (χ1n) is 18.7. The van der Waals surface area contributed by atoms with Crippen molar-refractivity contribution in [3.8, 4) is 0 Å². The number of rotatable bonds is 43. The van der Waals surface area contributed by atoms with Crippen LogP contribution in [-0.2, 0) is 68.0 Å². The van der Waals surface area contributed by atoms with Gasteiger partial charge in [-0.3, -0.25) is 4.74 Å². The molecule has 372 valence electrons. The second kappa shape index (κ2) is 31.9. The van der Waals surface area contributed by atoms with Crippen molar-refractivity contribution in [2.75, 3.05) is 126 Å². The van der Waals surface area contributed by atoms with Gasteiger partial charge in [0.25, 0.3) is 0 Å². The highest BCUT2D eigenvalue weighted by Gasteiger charge is 2.52. The Morgan fingerprint density at radius 3 is 1.38 bits per heavy atom. The molecule has 63 heavy (non-hydrogen) atoms. The Balaban J connectivity index is 2.09. The van der Waals surface area contributed by atoms with Crippen LogP contribution in [0.5, 0.6) is 0 Å². The maximum Gasteiger partial charge on any atom is 0.495 e. The summed E-state index contributed by atoms with van der Waals surface area (Å²) in [7, 11) is 0. The van der Waals surface area contributed by atoms with Gasteiger partial charge in [-0.2, -0.15) is 35.1 Å². The predicted octanol–water partition coefficient (Wildman–Crippen LogP) is 3.02. The maximum absolute atomic E-state index is 13.8. The van der Waals surface area contributed by atoms with Gasteiger partial charge in [-0.15, -0.1) is 26.7 Å². The van der Waals surface area contributed by atoms with Crippen LogP contribution in [0.1, 0.15) is 4.88 Å². The average Bonchev–Trinajstić information content (AvgIpc) is 3.68. The Labute approximate surface area is 359 Å².